The predicted octanol–water partition coefficient (Wildman–Crippen LogP) is 5.10. The van der Waals surface area contributed by atoms with Crippen LogP contribution in [0.3, 0.4) is 0 Å². The Kier molecular flexibility index (Phi) is 9.22. The maximum absolute atomic E-state index is 11.8. The standard InChI is InChI=1S/C26H37NO4/c1-17(2)27-24(28)15-12-21-10-13-22(14-11-21)31-16-8-9-23-20(5)25(29-6)18(3)19(4)26(23)30-7/h10-11,13-14,17H,8-9,12,15-16H2,1-7H3,(H,27,28). The second-order valence-electron chi connectivity index (χ2n) is 8.24. The number of methoxy groups -OCH3 is 2. The molecule has 0 atom stereocenters. The van der Waals surface area contributed by atoms with Crippen LogP contribution in [-0.4, -0.2) is 32.8 Å². The van der Waals surface area contributed by atoms with Crippen molar-refractivity contribution < 1.29 is 19.0 Å². The quantitative estimate of drug-likeness (QED) is 0.507. The SMILES string of the molecule is COc1c(C)c(C)c(OC)c(CCCOc2ccc(CCC(=O)NC(C)C)cc2)c1C. The van der Waals surface area contributed by atoms with Crippen LogP contribution in [0.15, 0.2) is 24.3 Å². The molecule has 0 bridgehead atoms. The summed E-state index contributed by atoms with van der Waals surface area (Å²) in [6.07, 6.45) is 2.96. The van der Waals surface area contributed by atoms with Crippen LogP contribution in [-0.2, 0) is 17.6 Å². The molecule has 0 saturated heterocycles. The molecule has 0 unspecified atom stereocenters. The Morgan fingerprint density at radius 1 is 0.903 bits per heavy atom. The molecular formula is C26H37NO4. The van der Waals surface area contributed by atoms with Crippen molar-refractivity contribution in [2.24, 2.45) is 0 Å². The minimum absolute atomic E-state index is 0.0871. The van der Waals surface area contributed by atoms with E-state index >= 15 is 0 Å². The molecule has 2 aromatic rings. The molecule has 5 nitrogen and oxygen atoms in total. The van der Waals surface area contributed by atoms with Gasteiger partial charge in [-0.2, -0.15) is 0 Å². The molecule has 0 radical (unpaired) electrons. The molecule has 0 spiro atoms. The van der Waals surface area contributed by atoms with Crippen LogP contribution in [0.2, 0.25) is 0 Å². The van der Waals surface area contributed by atoms with Gasteiger partial charge >= 0.3 is 0 Å². The lowest BCUT2D eigenvalue weighted by Crippen LogP contribution is -2.30. The summed E-state index contributed by atoms with van der Waals surface area (Å²) < 4.78 is 17.3. The van der Waals surface area contributed by atoms with E-state index in [0.29, 0.717) is 13.0 Å². The lowest BCUT2D eigenvalue weighted by atomic mass is 9.94. The Bertz CT molecular complexity index is 872. The number of rotatable bonds is 11. The van der Waals surface area contributed by atoms with Crippen molar-refractivity contribution >= 4 is 5.91 Å². The average Bonchev–Trinajstić information content (AvgIpc) is 2.74. The first-order chi connectivity index (χ1) is 14.8. The van der Waals surface area contributed by atoms with E-state index in [1.165, 1.54) is 5.56 Å². The zero-order valence-electron chi connectivity index (χ0n) is 20.1. The van der Waals surface area contributed by atoms with E-state index in [9.17, 15) is 4.79 Å². The minimum atomic E-state index is 0.0871. The largest absolute Gasteiger partial charge is 0.496 e. The van der Waals surface area contributed by atoms with Crippen molar-refractivity contribution in [3.05, 3.63) is 52.1 Å². The van der Waals surface area contributed by atoms with Gasteiger partial charge in [0, 0.05) is 18.0 Å². The highest BCUT2D eigenvalue weighted by Gasteiger charge is 2.18. The molecule has 2 aromatic carbocycles. The van der Waals surface area contributed by atoms with Gasteiger partial charge in [0.15, 0.2) is 0 Å². The molecule has 0 aliphatic rings. The second-order valence-corrected chi connectivity index (χ2v) is 8.24. The van der Waals surface area contributed by atoms with Crippen LogP contribution in [0, 0.1) is 20.8 Å². The number of hydrogen-bond acceptors (Lipinski definition) is 4. The first kappa shape index (κ1) is 24.6. The van der Waals surface area contributed by atoms with E-state index in [1.807, 2.05) is 38.1 Å². The Labute approximate surface area is 187 Å². The van der Waals surface area contributed by atoms with E-state index in [0.717, 1.165) is 58.8 Å². The molecule has 0 aromatic heterocycles. The van der Waals surface area contributed by atoms with Gasteiger partial charge in [-0.25, -0.2) is 0 Å². The van der Waals surface area contributed by atoms with E-state index in [1.54, 1.807) is 14.2 Å². The fourth-order valence-corrected chi connectivity index (χ4v) is 3.88. The third-order valence-corrected chi connectivity index (χ3v) is 5.57. The van der Waals surface area contributed by atoms with Gasteiger partial charge in [0.25, 0.3) is 0 Å². The molecule has 170 valence electrons. The van der Waals surface area contributed by atoms with E-state index in [4.69, 9.17) is 14.2 Å². The first-order valence-electron chi connectivity index (χ1n) is 11.0. The van der Waals surface area contributed by atoms with Crippen LogP contribution >= 0.6 is 0 Å². The smallest absolute Gasteiger partial charge is 0.220 e. The van der Waals surface area contributed by atoms with Crippen molar-refractivity contribution in [1.82, 2.24) is 5.32 Å². The molecule has 31 heavy (non-hydrogen) atoms. The Morgan fingerprint density at radius 2 is 1.52 bits per heavy atom. The van der Waals surface area contributed by atoms with Crippen LogP contribution in [0.1, 0.15) is 54.5 Å². The summed E-state index contributed by atoms with van der Waals surface area (Å²) in [5.41, 5.74) is 5.69. The van der Waals surface area contributed by atoms with Crippen LogP contribution in [0.25, 0.3) is 0 Å². The third kappa shape index (κ3) is 6.65. The van der Waals surface area contributed by atoms with Crippen LogP contribution in [0.5, 0.6) is 17.2 Å². The highest BCUT2D eigenvalue weighted by atomic mass is 16.5. The molecule has 1 N–H and O–H groups in total. The number of ether oxygens (including phenoxy) is 3. The maximum atomic E-state index is 11.8. The van der Waals surface area contributed by atoms with Crippen LogP contribution in [0.4, 0.5) is 0 Å². The fraction of sp³-hybridized carbons (Fsp3) is 0.500. The number of carbonyl (C=O) groups excluding carboxylic acids is 1. The van der Waals surface area contributed by atoms with Crippen molar-refractivity contribution in [3.8, 4) is 17.2 Å². The lowest BCUT2D eigenvalue weighted by Gasteiger charge is -2.20. The van der Waals surface area contributed by atoms with E-state index in [2.05, 4.69) is 26.1 Å². The zero-order valence-corrected chi connectivity index (χ0v) is 20.1. The maximum Gasteiger partial charge on any atom is 0.220 e. The molecule has 0 saturated carbocycles. The van der Waals surface area contributed by atoms with E-state index in [-0.39, 0.29) is 11.9 Å². The summed E-state index contributed by atoms with van der Waals surface area (Å²) in [5.74, 6) is 2.81. The number of nitrogens with one attached hydrogen (secondary N) is 1. The summed E-state index contributed by atoms with van der Waals surface area (Å²) in [6, 6.07) is 8.18. The fourth-order valence-electron chi connectivity index (χ4n) is 3.88. The first-order valence-corrected chi connectivity index (χ1v) is 11.0. The molecule has 0 heterocycles. The van der Waals surface area contributed by atoms with E-state index < -0.39 is 0 Å². The topological polar surface area (TPSA) is 56.8 Å². The monoisotopic (exact) mass is 427 g/mol. The van der Waals surface area contributed by atoms with Gasteiger partial charge in [-0.3, -0.25) is 4.79 Å². The summed E-state index contributed by atoms with van der Waals surface area (Å²) >= 11 is 0. The highest BCUT2D eigenvalue weighted by Crippen LogP contribution is 2.38. The second kappa shape index (κ2) is 11.6. The number of carbonyl (C=O) groups is 1. The normalized spacial score (nSPS) is 10.8. The Morgan fingerprint density at radius 3 is 2.10 bits per heavy atom. The number of aryl methyl sites for hydroxylation is 1. The van der Waals surface area contributed by atoms with Gasteiger partial charge < -0.3 is 19.5 Å². The van der Waals surface area contributed by atoms with Gasteiger partial charge in [-0.15, -0.1) is 0 Å². The minimum Gasteiger partial charge on any atom is -0.496 e. The molecule has 2 rings (SSSR count). The lowest BCUT2D eigenvalue weighted by molar-refractivity contribution is -0.121. The summed E-state index contributed by atoms with van der Waals surface area (Å²) in [5, 5.41) is 2.92. The number of amides is 1. The average molecular weight is 428 g/mol. The summed E-state index contributed by atoms with van der Waals surface area (Å²) in [7, 11) is 3.44. The highest BCUT2D eigenvalue weighted by molar-refractivity contribution is 5.76. The van der Waals surface area contributed by atoms with Gasteiger partial charge in [0.1, 0.15) is 17.2 Å². The zero-order chi connectivity index (χ0) is 23.0. The predicted molar refractivity (Wildman–Crippen MR) is 126 cm³/mol. The van der Waals surface area contributed by atoms with Gasteiger partial charge in [-0.1, -0.05) is 12.1 Å². The third-order valence-electron chi connectivity index (χ3n) is 5.57. The van der Waals surface area contributed by atoms with Crippen LogP contribution < -0.4 is 19.5 Å². The molecule has 0 aliphatic heterocycles. The van der Waals surface area contributed by atoms with Crippen molar-refractivity contribution in [2.75, 3.05) is 20.8 Å². The van der Waals surface area contributed by atoms with Crippen molar-refractivity contribution in [1.29, 1.82) is 0 Å². The van der Waals surface area contributed by atoms with Gasteiger partial charge in [0.2, 0.25) is 5.91 Å². The molecule has 1 amide bonds. The van der Waals surface area contributed by atoms with Gasteiger partial charge in [0.05, 0.1) is 20.8 Å². The molecule has 5 heteroatoms. The Hall–Kier alpha value is -2.69. The molecule has 0 fully saturated rings. The summed E-state index contributed by atoms with van der Waals surface area (Å²) in [4.78, 5) is 11.8. The number of benzene rings is 2. The molecular weight excluding hydrogens is 390 g/mol. The number of hydrogen-bond donors (Lipinski definition) is 1. The van der Waals surface area contributed by atoms with Gasteiger partial charge in [-0.05, 0) is 88.3 Å². The molecule has 0 aliphatic carbocycles. The van der Waals surface area contributed by atoms with Crippen molar-refractivity contribution in [2.45, 2.75) is 66.3 Å². The van der Waals surface area contributed by atoms with Crippen molar-refractivity contribution in [3.63, 3.8) is 0 Å². The summed E-state index contributed by atoms with van der Waals surface area (Å²) in [6.45, 7) is 10.8. The Balaban J connectivity index is 1.89.